The summed E-state index contributed by atoms with van der Waals surface area (Å²) < 4.78 is 0. The second-order valence-corrected chi connectivity index (χ2v) is 2.04. The molecule has 0 aliphatic rings. The molecule has 3 N–H and O–H groups in total. The van der Waals surface area contributed by atoms with E-state index in [0.29, 0.717) is 6.42 Å². The SMILES string of the molecule is NC([C]=O)Cc1cn[nH]c1. The van der Waals surface area contributed by atoms with Gasteiger partial charge in [-0.3, -0.25) is 9.89 Å². The maximum Gasteiger partial charge on any atom is 0.217 e. The Morgan fingerprint density at radius 1 is 1.90 bits per heavy atom. The third-order valence-electron chi connectivity index (χ3n) is 1.16. The molecule has 0 amide bonds. The lowest BCUT2D eigenvalue weighted by Gasteiger charge is -1.96. The number of aromatic nitrogens is 2. The molecule has 0 saturated heterocycles. The van der Waals surface area contributed by atoms with Crippen LogP contribution >= 0.6 is 0 Å². The zero-order chi connectivity index (χ0) is 7.40. The smallest absolute Gasteiger partial charge is 0.217 e. The standard InChI is InChI=1S/C6H8N3O/c7-6(4-10)1-5-2-8-9-3-5/h2-3,6H,1,7H2,(H,8,9). The molecule has 1 rings (SSSR count). The van der Waals surface area contributed by atoms with E-state index in [4.69, 9.17) is 5.73 Å². The highest BCUT2D eigenvalue weighted by Gasteiger charge is 2.02. The lowest BCUT2D eigenvalue weighted by molar-refractivity contribution is 0.541. The van der Waals surface area contributed by atoms with Crippen molar-refractivity contribution in [1.82, 2.24) is 10.2 Å². The van der Waals surface area contributed by atoms with Crippen LogP contribution in [0, 0.1) is 0 Å². The minimum absolute atomic E-state index is 0.500. The number of nitrogens with zero attached hydrogens (tertiary/aromatic N) is 1. The molecular weight excluding hydrogens is 130 g/mol. The average Bonchev–Trinajstić information content (AvgIpc) is 2.40. The molecule has 1 aromatic heterocycles. The lowest BCUT2D eigenvalue weighted by Crippen LogP contribution is -2.23. The van der Waals surface area contributed by atoms with Crippen LogP contribution in [0.25, 0.3) is 0 Å². The number of nitrogens with two attached hydrogens (primary N) is 1. The van der Waals surface area contributed by atoms with Crippen molar-refractivity contribution >= 4 is 6.29 Å². The van der Waals surface area contributed by atoms with Crippen LogP contribution in [-0.2, 0) is 11.2 Å². The Labute approximate surface area is 58.4 Å². The fourth-order valence-electron chi connectivity index (χ4n) is 0.685. The summed E-state index contributed by atoms with van der Waals surface area (Å²) in [6, 6.07) is -0.530. The first-order valence-corrected chi connectivity index (χ1v) is 2.94. The number of hydrogen-bond donors (Lipinski definition) is 2. The molecule has 1 unspecified atom stereocenters. The summed E-state index contributed by atoms with van der Waals surface area (Å²) in [5.74, 6) is 0. The van der Waals surface area contributed by atoms with Crippen LogP contribution in [0.3, 0.4) is 0 Å². The molecule has 10 heavy (non-hydrogen) atoms. The summed E-state index contributed by atoms with van der Waals surface area (Å²) in [6.45, 7) is 0. The summed E-state index contributed by atoms with van der Waals surface area (Å²) in [5, 5.41) is 6.32. The molecule has 0 spiro atoms. The average molecular weight is 138 g/mol. The molecule has 0 aromatic carbocycles. The second kappa shape index (κ2) is 3.12. The fraction of sp³-hybridized carbons (Fsp3) is 0.333. The summed E-state index contributed by atoms with van der Waals surface area (Å²) in [7, 11) is 0. The molecule has 0 aliphatic heterocycles. The van der Waals surface area contributed by atoms with Crippen molar-refractivity contribution in [3.8, 4) is 0 Å². The Balaban J connectivity index is 2.47. The number of carbonyl (C=O) groups excluding carboxylic acids is 1. The lowest BCUT2D eigenvalue weighted by atomic mass is 10.1. The maximum atomic E-state index is 9.95. The van der Waals surface area contributed by atoms with Crippen molar-refractivity contribution in [1.29, 1.82) is 0 Å². The van der Waals surface area contributed by atoms with Crippen LogP contribution in [0.5, 0.6) is 0 Å². The predicted molar refractivity (Wildman–Crippen MR) is 36.0 cm³/mol. The molecule has 1 atom stereocenters. The molecular formula is C6H8N3O. The fourth-order valence-corrected chi connectivity index (χ4v) is 0.685. The Hall–Kier alpha value is -1.16. The van der Waals surface area contributed by atoms with Gasteiger partial charge in [-0.2, -0.15) is 5.10 Å². The highest BCUT2D eigenvalue weighted by atomic mass is 16.1. The molecule has 1 radical (unpaired) electrons. The van der Waals surface area contributed by atoms with Crippen LogP contribution in [0.4, 0.5) is 0 Å². The summed E-state index contributed by atoms with van der Waals surface area (Å²) in [5.41, 5.74) is 6.23. The van der Waals surface area contributed by atoms with E-state index in [-0.39, 0.29) is 0 Å². The minimum Gasteiger partial charge on any atom is -0.321 e. The van der Waals surface area contributed by atoms with Crippen LogP contribution in [0.2, 0.25) is 0 Å². The van der Waals surface area contributed by atoms with Gasteiger partial charge in [0.2, 0.25) is 6.29 Å². The quantitative estimate of drug-likeness (QED) is 0.585. The zero-order valence-corrected chi connectivity index (χ0v) is 5.37. The van der Waals surface area contributed by atoms with E-state index in [2.05, 4.69) is 10.2 Å². The van der Waals surface area contributed by atoms with E-state index in [1.165, 1.54) is 0 Å². The van der Waals surface area contributed by atoms with Gasteiger partial charge >= 0.3 is 0 Å². The van der Waals surface area contributed by atoms with Crippen molar-refractivity contribution in [2.24, 2.45) is 5.73 Å². The van der Waals surface area contributed by atoms with E-state index in [1.54, 1.807) is 18.7 Å². The highest BCUT2D eigenvalue weighted by molar-refractivity contribution is 5.58. The van der Waals surface area contributed by atoms with E-state index in [9.17, 15) is 4.79 Å². The first kappa shape index (κ1) is 6.95. The Kier molecular flexibility index (Phi) is 2.17. The monoisotopic (exact) mass is 138 g/mol. The molecule has 0 aliphatic carbocycles. The van der Waals surface area contributed by atoms with Gasteiger partial charge in [0.05, 0.1) is 12.2 Å². The topological polar surface area (TPSA) is 71.8 Å². The van der Waals surface area contributed by atoms with Crippen molar-refractivity contribution < 1.29 is 4.79 Å². The van der Waals surface area contributed by atoms with E-state index < -0.39 is 6.04 Å². The first-order valence-electron chi connectivity index (χ1n) is 2.94. The normalized spacial score (nSPS) is 12.9. The first-order chi connectivity index (χ1) is 4.83. The van der Waals surface area contributed by atoms with Gasteiger partial charge in [-0.15, -0.1) is 0 Å². The van der Waals surface area contributed by atoms with Gasteiger partial charge in [0.25, 0.3) is 0 Å². The third kappa shape index (κ3) is 1.66. The number of H-pyrrole nitrogens is 1. The van der Waals surface area contributed by atoms with Gasteiger partial charge in [0.1, 0.15) is 0 Å². The Morgan fingerprint density at radius 3 is 3.20 bits per heavy atom. The summed E-state index contributed by atoms with van der Waals surface area (Å²) in [6.07, 6.45) is 5.53. The third-order valence-corrected chi connectivity index (χ3v) is 1.16. The molecule has 4 nitrogen and oxygen atoms in total. The molecule has 0 bridgehead atoms. The van der Waals surface area contributed by atoms with E-state index in [0.717, 1.165) is 5.56 Å². The van der Waals surface area contributed by atoms with E-state index in [1.807, 2.05) is 0 Å². The van der Waals surface area contributed by atoms with Crippen LogP contribution in [-0.4, -0.2) is 22.5 Å². The van der Waals surface area contributed by atoms with Crippen molar-refractivity contribution in [3.63, 3.8) is 0 Å². The second-order valence-electron chi connectivity index (χ2n) is 2.04. The zero-order valence-electron chi connectivity index (χ0n) is 5.37. The van der Waals surface area contributed by atoms with Crippen LogP contribution in [0.1, 0.15) is 5.56 Å². The van der Waals surface area contributed by atoms with Gasteiger partial charge in [-0.05, 0) is 12.0 Å². The van der Waals surface area contributed by atoms with Crippen LogP contribution in [0.15, 0.2) is 12.4 Å². The maximum absolute atomic E-state index is 9.95. The Bertz CT molecular complexity index is 195. The number of rotatable bonds is 3. The van der Waals surface area contributed by atoms with Crippen molar-refractivity contribution in [2.75, 3.05) is 0 Å². The summed E-state index contributed by atoms with van der Waals surface area (Å²) >= 11 is 0. The largest absolute Gasteiger partial charge is 0.321 e. The molecule has 0 saturated carbocycles. The molecule has 1 heterocycles. The number of nitrogens with one attached hydrogen (secondary N) is 1. The predicted octanol–water partition coefficient (Wildman–Crippen LogP) is -0.611. The Morgan fingerprint density at radius 2 is 2.70 bits per heavy atom. The van der Waals surface area contributed by atoms with Gasteiger partial charge < -0.3 is 5.73 Å². The van der Waals surface area contributed by atoms with Gasteiger partial charge in [0.15, 0.2) is 0 Å². The van der Waals surface area contributed by atoms with Gasteiger partial charge in [-0.1, -0.05) is 0 Å². The molecule has 53 valence electrons. The highest BCUT2D eigenvalue weighted by Crippen LogP contribution is 1.95. The number of hydrogen-bond acceptors (Lipinski definition) is 3. The van der Waals surface area contributed by atoms with Gasteiger partial charge in [0, 0.05) is 6.20 Å². The van der Waals surface area contributed by atoms with Crippen molar-refractivity contribution in [2.45, 2.75) is 12.5 Å². The van der Waals surface area contributed by atoms with Crippen molar-refractivity contribution in [3.05, 3.63) is 18.0 Å². The van der Waals surface area contributed by atoms with Gasteiger partial charge in [-0.25, -0.2) is 0 Å². The van der Waals surface area contributed by atoms with E-state index >= 15 is 0 Å². The molecule has 0 fully saturated rings. The summed E-state index contributed by atoms with van der Waals surface area (Å²) in [4.78, 5) is 9.95. The minimum atomic E-state index is -0.530. The molecule has 4 heteroatoms. The number of aromatic amines is 1. The van der Waals surface area contributed by atoms with Crippen LogP contribution < -0.4 is 5.73 Å². The molecule has 1 aromatic rings.